The minimum atomic E-state index is 0.250. The van der Waals surface area contributed by atoms with Crippen molar-refractivity contribution in [3.63, 3.8) is 0 Å². The van der Waals surface area contributed by atoms with E-state index in [-0.39, 0.29) is 6.61 Å². The van der Waals surface area contributed by atoms with E-state index in [4.69, 9.17) is 5.11 Å². The Morgan fingerprint density at radius 3 is 1.56 bits per heavy atom. The number of nitrogens with zero attached hydrogens (tertiary/aromatic N) is 1. The summed E-state index contributed by atoms with van der Waals surface area (Å²) in [6.45, 7) is 16.4. The van der Waals surface area contributed by atoms with Crippen molar-refractivity contribution in [2.75, 3.05) is 26.2 Å². The van der Waals surface area contributed by atoms with Crippen LogP contribution in [0.1, 0.15) is 67.2 Å². The number of hydrogen-bond donors (Lipinski definition) is 1. The standard InChI is InChI=1S/C10H23N.C2H6O.C2H6/c1-4-7-8-9-10-11(5-2)6-3;1-2-3;1-2/h4-10H2,1-3H3;3H,2H2,1H3;1-2H3. The maximum absolute atomic E-state index is 7.57. The van der Waals surface area contributed by atoms with Gasteiger partial charge in [-0.25, -0.2) is 0 Å². The molecule has 0 atom stereocenters. The van der Waals surface area contributed by atoms with Gasteiger partial charge in [0.15, 0.2) is 0 Å². The predicted molar refractivity (Wildman–Crippen MR) is 76.0 cm³/mol. The van der Waals surface area contributed by atoms with Crippen LogP contribution in [0.5, 0.6) is 0 Å². The van der Waals surface area contributed by atoms with Crippen LogP contribution < -0.4 is 0 Å². The summed E-state index contributed by atoms with van der Waals surface area (Å²) in [5.74, 6) is 0. The van der Waals surface area contributed by atoms with Gasteiger partial charge in [-0.3, -0.25) is 0 Å². The largest absolute Gasteiger partial charge is 0.397 e. The van der Waals surface area contributed by atoms with Crippen LogP contribution in [0, 0.1) is 0 Å². The Morgan fingerprint density at radius 2 is 1.25 bits per heavy atom. The number of rotatable bonds is 7. The quantitative estimate of drug-likeness (QED) is 0.673. The van der Waals surface area contributed by atoms with E-state index < -0.39 is 0 Å². The molecule has 2 nitrogen and oxygen atoms in total. The number of aliphatic hydroxyl groups excluding tert-OH is 1. The fraction of sp³-hybridized carbons (Fsp3) is 1.00. The molecule has 102 valence electrons. The molecule has 0 saturated carbocycles. The van der Waals surface area contributed by atoms with Crippen molar-refractivity contribution < 1.29 is 5.11 Å². The van der Waals surface area contributed by atoms with Gasteiger partial charge in [0.25, 0.3) is 0 Å². The van der Waals surface area contributed by atoms with Crippen LogP contribution in [-0.4, -0.2) is 36.2 Å². The first-order chi connectivity index (χ1) is 7.76. The predicted octanol–water partition coefficient (Wildman–Crippen LogP) is 3.93. The molecule has 0 aromatic carbocycles. The average Bonchev–Trinajstić information content (AvgIpc) is 2.33. The molecule has 0 fully saturated rings. The zero-order valence-electron chi connectivity index (χ0n) is 12.6. The maximum Gasteiger partial charge on any atom is 0.0402 e. The van der Waals surface area contributed by atoms with Crippen molar-refractivity contribution in [2.45, 2.75) is 67.2 Å². The van der Waals surface area contributed by atoms with Gasteiger partial charge in [0.1, 0.15) is 0 Å². The first-order valence-corrected chi connectivity index (χ1v) is 7.09. The summed E-state index contributed by atoms with van der Waals surface area (Å²) in [7, 11) is 0. The summed E-state index contributed by atoms with van der Waals surface area (Å²) >= 11 is 0. The van der Waals surface area contributed by atoms with Crippen molar-refractivity contribution in [1.82, 2.24) is 4.90 Å². The van der Waals surface area contributed by atoms with Gasteiger partial charge in [-0.15, -0.1) is 0 Å². The number of unbranched alkanes of at least 4 members (excludes halogenated alkanes) is 3. The molecule has 0 heterocycles. The molecular weight excluding hydrogens is 198 g/mol. The van der Waals surface area contributed by atoms with Crippen molar-refractivity contribution >= 4 is 0 Å². The Morgan fingerprint density at radius 1 is 0.812 bits per heavy atom. The number of hydrogen-bond acceptors (Lipinski definition) is 2. The molecule has 0 spiro atoms. The maximum atomic E-state index is 7.57. The normalized spacial score (nSPS) is 9.00. The summed E-state index contributed by atoms with van der Waals surface area (Å²) in [5.41, 5.74) is 0. The van der Waals surface area contributed by atoms with E-state index in [9.17, 15) is 0 Å². The molecule has 0 bridgehead atoms. The van der Waals surface area contributed by atoms with E-state index in [0.717, 1.165) is 0 Å². The van der Waals surface area contributed by atoms with E-state index in [1.807, 2.05) is 13.8 Å². The Bertz CT molecular complexity index is 82.8. The van der Waals surface area contributed by atoms with E-state index in [1.54, 1.807) is 6.92 Å². The molecule has 0 aliphatic heterocycles. The molecule has 0 aliphatic carbocycles. The summed E-state index contributed by atoms with van der Waals surface area (Å²) < 4.78 is 0. The molecule has 1 N–H and O–H groups in total. The highest BCUT2D eigenvalue weighted by Crippen LogP contribution is 2.00. The lowest BCUT2D eigenvalue weighted by Gasteiger charge is -2.17. The van der Waals surface area contributed by atoms with Gasteiger partial charge in [0, 0.05) is 6.61 Å². The molecule has 0 aromatic heterocycles. The second kappa shape index (κ2) is 24.2. The van der Waals surface area contributed by atoms with E-state index in [2.05, 4.69) is 25.7 Å². The third-order valence-electron chi connectivity index (χ3n) is 2.22. The molecule has 16 heavy (non-hydrogen) atoms. The Kier molecular flexibility index (Phi) is 32.2. The van der Waals surface area contributed by atoms with Crippen LogP contribution in [0.3, 0.4) is 0 Å². The minimum absolute atomic E-state index is 0.250. The molecule has 0 amide bonds. The van der Waals surface area contributed by atoms with Crippen LogP contribution in [0.4, 0.5) is 0 Å². The highest BCUT2D eigenvalue weighted by Gasteiger charge is 1.96. The molecule has 0 radical (unpaired) electrons. The number of aliphatic hydroxyl groups is 1. The topological polar surface area (TPSA) is 23.5 Å². The van der Waals surface area contributed by atoms with Gasteiger partial charge in [0.2, 0.25) is 0 Å². The van der Waals surface area contributed by atoms with Gasteiger partial charge >= 0.3 is 0 Å². The first kappa shape index (κ1) is 21.2. The highest BCUT2D eigenvalue weighted by molar-refractivity contribution is 4.51. The summed E-state index contributed by atoms with van der Waals surface area (Å²) in [5, 5.41) is 7.57. The average molecular weight is 233 g/mol. The van der Waals surface area contributed by atoms with Crippen molar-refractivity contribution in [1.29, 1.82) is 0 Å². The smallest absolute Gasteiger partial charge is 0.0402 e. The Labute approximate surface area is 104 Å². The second-order valence-corrected chi connectivity index (χ2v) is 3.40. The Hall–Kier alpha value is -0.0800. The molecular formula is C14H35NO. The molecule has 0 saturated heterocycles. The lowest BCUT2D eigenvalue weighted by Crippen LogP contribution is -2.23. The second-order valence-electron chi connectivity index (χ2n) is 3.40. The summed E-state index contributed by atoms with van der Waals surface area (Å²) in [6.07, 6.45) is 5.54. The fourth-order valence-corrected chi connectivity index (χ4v) is 1.30. The monoisotopic (exact) mass is 233 g/mol. The molecule has 0 aromatic rings. The van der Waals surface area contributed by atoms with Gasteiger partial charge in [-0.1, -0.05) is 53.9 Å². The van der Waals surface area contributed by atoms with Gasteiger partial charge < -0.3 is 10.0 Å². The van der Waals surface area contributed by atoms with Gasteiger partial charge in [-0.05, 0) is 33.0 Å². The zero-order valence-corrected chi connectivity index (χ0v) is 12.6. The SMILES string of the molecule is CC.CCCCCCN(CC)CC.CCO. The summed E-state index contributed by atoms with van der Waals surface area (Å²) in [4.78, 5) is 2.50. The van der Waals surface area contributed by atoms with Crippen LogP contribution in [0.15, 0.2) is 0 Å². The highest BCUT2D eigenvalue weighted by atomic mass is 16.2. The van der Waals surface area contributed by atoms with Crippen molar-refractivity contribution in [3.8, 4) is 0 Å². The first-order valence-electron chi connectivity index (χ1n) is 7.09. The van der Waals surface area contributed by atoms with E-state index >= 15 is 0 Å². The van der Waals surface area contributed by atoms with E-state index in [0.29, 0.717) is 0 Å². The molecule has 0 unspecified atom stereocenters. The third-order valence-corrected chi connectivity index (χ3v) is 2.22. The minimum Gasteiger partial charge on any atom is -0.397 e. The van der Waals surface area contributed by atoms with Crippen LogP contribution in [-0.2, 0) is 0 Å². The van der Waals surface area contributed by atoms with E-state index in [1.165, 1.54) is 45.3 Å². The van der Waals surface area contributed by atoms with Gasteiger partial charge in [-0.2, -0.15) is 0 Å². The molecule has 2 heteroatoms. The van der Waals surface area contributed by atoms with Crippen LogP contribution >= 0.6 is 0 Å². The van der Waals surface area contributed by atoms with Crippen molar-refractivity contribution in [2.24, 2.45) is 0 Å². The van der Waals surface area contributed by atoms with Crippen LogP contribution in [0.25, 0.3) is 0 Å². The lowest BCUT2D eigenvalue weighted by atomic mass is 10.2. The molecule has 0 aliphatic rings. The summed E-state index contributed by atoms with van der Waals surface area (Å²) in [6, 6.07) is 0. The van der Waals surface area contributed by atoms with Crippen LogP contribution in [0.2, 0.25) is 0 Å². The third kappa shape index (κ3) is 23.6. The van der Waals surface area contributed by atoms with Gasteiger partial charge in [0.05, 0.1) is 0 Å². The fourth-order valence-electron chi connectivity index (χ4n) is 1.30. The molecule has 0 rings (SSSR count). The Balaban J connectivity index is -0.000000289. The zero-order chi connectivity index (χ0) is 13.2. The van der Waals surface area contributed by atoms with Crippen molar-refractivity contribution in [3.05, 3.63) is 0 Å². The lowest BCUT2D eigenvalue weighted by molar-refractivity contribution is 0.295.